The summed E-state index contributed by atoms with van der Waals surface area (Å²) in [5, 5.41) is 28.7. The number of hydrazone groups is 1. The minimum atomic E-state index is -0.531. The Morgan fingerprint density at radius 3 is 2.39 bits per heavy atom. The standard InChI is InChI=1S/C31H31N7O7S/c1-36-27(17-32-30(40)20-8-12-21(13-9-20)38(41)42)33-34-31(36)46-18-28(39)37-25(23-6-5-7-26(44-3)29(23)45-4)16-24(35-37)19-10-14-22(43-2)15-11-19/h5-15,25H,16-18H2,1-4H3,(H,32,40)/t25-/m1/s1. The number of nitrogens with one attached hydrogen (secondary N) is 1. The first-order chi connectivity index (χ1) is 22.2. The highest BCUT2D eigenvalue weighted by molar-refractivity contribution is 7.99. The van der Waals surface area contributed by atoms with Gasteiger partial charge in [0.05, 0.1) is 50.3 Å². The van der Waals surface area contributed by atoms with Crippen LogP contribution in [0, 0.1) is 10.1 Å². The molecule has 1 aliphatic rings. The summed E-state index contributed by atoms with van der Waals surface area (Å²) >= 11 is 1.19. The van der Waals surface area contributed by atoms with Crippen molar-refractivity contribution in [1.82, 2.24) is 25.1 Å². The second kappa shape index (κ2) is 14.1. The topological polar surface area (TPSA) is 163 Å². The fourth-order valence-electron chi connectivity index (χ4n) is 4.93. The van der Waals surface area contributed by atoms with Gasteiger partial charge in [-0.1, -0.05) is 23.9 Å². The van der Waals surface area contributed by atoms with Crippen LogP contribution >= 0.6 is 11.8 Å². The van der Waals surface area contributed by atoms with E-state index in [2.05, 4.69) is 15.5 Å². The number of thioether (sulfide) groups is 1. The van der Waals surface area contributed by atoms with Crippen LogP contribution < -0.4 is 19.5 Å². The third-order valence-corrected chi connectivity index (χ3v) is 8.38. The van der Waals surface area contributed by atoms with Crippen molar-refractivity contribution in [2.45, 2.75) is 24.2 Å². The SMILES string of the molecule is COc1ccc(C2=NN(C(=O)CSc3nnc(CNC(=O)c4ccc([N+](=O)[O-])cc4)n3C)[C@@H](c3cccc(OC)c3OC)C2)cc1. The van der Waals surface area contributed by atoms with Gasteiger partial charge in [-0.15, -0.1) is 10.2 Å². The van der Waals surface area contributed by atoms with E-state index in [1.165, 1.54) is 41.0 Å². The molecule has 2 amide bonds. The minimum absolute atomic E-state index is 0.0172. The van der Waals surface area contributed by atoms with Gasteiger partial charge in [0.15, 0.2) is 22.5 Å². The molecule has 0 spiro atoms. The second-order valence-electron chi connectivity index (χ2n) is 10.0. The molecule has 4 aromatic rings. The van der Waals surface area contributed by atoms with Crippen LogP contribution in [-0.4, -0.2) is 69.3 Å². The number of carbonyl (C=O) groups is 2. The molecule has 0 bridgehead atoms. The number of carbonyl (C=O) groups excluding carboxylic acids is 2. The summed E-state index contributed by atoms with van der Waals surface area (Å²) in [5.41, 5.74) is 2.53. The number of amides is 2. The van der Waals surface area contributed by atoms with E-state index in [9.17, 15) is 19.7 Å². The first kappa shape index (κ1) is 32.0. The molecule has 2 heterocycles. The van der Waals surface area contributed by atoms with Gasteiger partial charge in [0, 0.05) is 36.7 Å². The Morgan fingerprint density at radius 1 is 1.00 bits per heavy atom. The van der Waals surface area contributed by atoms with Gasteiger partial charge in [-0.25, -0.2) is 5.01 Å². The first-order valence-electron chi connectivity index (χ1n) is 14.0. The van der Waals surface area contributed by atoms with Crippen LogP contribution in [0.2, 0.25) is 0 Å². The summed E-state index contributed by atoms with van der Waals surface area (Å²) in [6.45, 7) is 0.0627. The average molecular weight is 646 g/mol. The Morgan fingerprint density at radius 2 is 1.74 bits per heavy atom. The number of aromatic nitrogens is 3. The van der Waals surface area contributed by atoms with Crippen LogP contribution in [0.3, 0.4) is 0 Å². The number of ether oxygens (including phenoxy) is 3. The summed E-state index contributed by atoms with van der Waals surface area (Å²) < 4.78 is 18.2. The first-order valence-corrected chi connectivity index (χ1v) is 15.0. The molecule has 0 saturated carbocycles. The predicted molar refractivity (Wildman–Crippen MR) is 169 cm³/mol. The van der Waals surface area contributed by atoms with E-state index in [-0.39, 0.29) is 29.5 Å². The summed E-state index contributed by atoms with van der Waals surface area (Å²) in [4.78, 5) is 36.6. The molecule has 0 fully saturated rings. The number of benzene rings is 3. The van der Waals surface area contributed by atoms with E-state index >= 15 is 0 Å². The normalized spacial score (nSPS) is 14.0. The van der Waals surface area contributed by atoms with Gasteiger partial charge in [0.25, 0.3) is 17.5 Å². The van der Waals surface area contributed by atoms with E-state index in [1.54, 1.807) is 39.0 Å². The number of nitro groups is 1. The van der Waals surface area contributed by atoms with Gasteiger partial charge in [0.1, 0.15) is 5.75 Å². The zero-order chi connectivity index (χ0) is 32.8. The van der Waals surface area contributed by atoms with Crippen molar-refractivity contribution >= 4 is 35.0 Å². The molecule has 1 aromatic heterocycles. The molecule has 0 unspecified atom stereocenters. The van der Waals surface area contributed by atoms with Crippen LogP contribution in [0.5, 0.6) is 17.2 Å². The molecule has 0 saturated heterocycles. The molecule has 0 aliphatic carbocycles. The van der Waals surface area contributed by atoms with Crippen molar-refractivity contribution in [3.05, 3.63) is 99.4 Å². The lowest BCUT2D eigenvalue weighted by molar-refractivity contribution is -0.384. The monoisotopic (exact) mass is 645 g/mol. The molecule has 5 rings (SSSR count). The number of rotatable bonds is 12. The summed E-state index contributed by atoms with van der Waals surface area (Å²) in [5.74, 6) is 1.60. The zero-order valence-corrected chi connectivity index (χ0v) is 26.3. The van der Waals surface area contributed by atoms with Crippen LogP contribution in [0.25, 0.3) is 0 Å². The summed E-state index contributed by atoms with van der Waals surface area (Å²) in [6.07, 6.45) is 0.453. The van der Waals surface area contributed by atoms with Gasteiger partial charge in [-0.3, -0.25) is 19.7 Å². The van der Waals surface area contributed by atoms with Crippen LogP contribution in [0.1, 0.15) is 39.8 Å². The lowest BCUT2D eigenvalue weighted by Crippen LogP contribution is -2.29. The van der Waals surface area contributed by atoms with E-state index in [0.717, 1.165) is 16.8 Å². The Bertz CT molecular complexity index is 1770. The molecule has 46 heavy (non-hydrogen) atoms. The number of para-hydroxylation sites is 1. The highest BCUT2D eigenvalue weighted by atomic mass is 32.2. The third kappa shape index (κ3) is 6.78. The molecule has 3 aromatic carbocycles. The molecule has 1 aliphatic heterocycles. The lowest BCUT2D eigenvalue weighted by Gasteiger charge is -2.24. The number of non-ortho nitro benzene ring substituents is 1. The van der Waals surface area contributed by atoms with Gasteiger partial charge in [-0.2, -0.15) is 5.10 Å². The van der Waals surface area contributed by atoms with Crippen LogP contribution in [0.15, 0.2) is 77.0 Å². The molecular weight excluding hydrogens is 614 g/mol. The average Bonchev–Trinajstić information content (AvgIpc) is 3.69. The van der Waals surface area contributed by atoms with Gasteiger partial charge >= 0.3 is 0 Å². The van der Waals surface area contributed by atoms with Crippen LogP contribution in [-0.2, 0) is 18.4 Å². The fraction of sp³-hybridized carbons (Fsp3) is 0.258. The lowest BCUT2D eigenvalue weighted by atomic mass is 9.97. The smallest absolute Gasteiger partial charge is 0.269 e. The zero-order valence-electron chi connectivity index (χ0n) is 25.5. The summed E-state index contributed by atoms with van der Waals surface area (Å²) in [7, 11) is 6.46. The highest BCUT2D eigenvalue weighted by Gasteiger charge is 2.35. The maximum Gasteiger partial charge on any atom is 0.269 e. The Kier molecular flexibility index (Phi) is 9.81. The van der Waals surface area contributed by atoms with Gasteiger partial charge in [-0.05, 0) is 48.0 Å². The molecular formula is C31H31N7O7S. The molecule has 14 nitrogen and oxygen atoms in total. The van der Waals surface area contributed by atoms with E-state index in [1.807, 2.05) is 36.4 Å². The Hall–Kier alpha value is -5.44. The third-order valence-electron chi connectivity index (χ3n) is 7.38. The van der Waals surface area contributed by atoms with Crippen molar-refractivity contribution < 1.29 is 28.7 Å². The maximum atomic E-state index is 13.7. The Labute approximate surface area is 268 Å². The van der Waals surface area contributed by atoms with E-state index in [0.29, 0.717) is 34.7 Å². The van der Waals surface area contributed by atoms with Crippen molar-refractivity contribution in [3.8, 4) is 17.2 Å². The van der Waals surface area contributed by atoms with E-state index < -0.39 is 16.9 Å². The van der Waals surface area contributed by atoms with Gasteiger partial charge < -0.3 is 24.1 Å². The maximum absolute atomic E-state index is 13.7. The molecule has 15 heteroatoms. The number of nitro benzene ring substituents is 1. The van der Waals surface area contributed by atoms with Crippen molar-refractivity contribution in [3.63, 3.8) is 0 Å². The van der Waals surface area contributed by atoms with Crippen molar-refractivity contribution in [1.29, 1.82) is 0 Å². The molecule has 1 atom stereocenters. The van der Waals surface area contributed by atoms with Crippen LogP contribution in [0.4, 0.5) is 5.69 Å². The van der Waals surface area contributed by atoms with Crippen molar-refractivity contribution in [2.24, 2.45) is 12.1 Å². The van der Waals surface area contributed by atoms with E-state index in [4.69, 9.17) is 19.3 Å². The quantitative estimate of drug-likeness (QED) is 0.135. The molecule has 238 valence electrons. The van der Waals surface area contributed by atoms with Gasteiger partial charge in [0.2, 0.25) is 0 Å². The predicted octanol–water partition coefficient (Wildman–Crippen LogP) is 4.15. The molecule has 1 N–H and O–H groups in total. The highest BCUT2D eigenvalue weighted by Crippen LogP contribution is 2.42. The largest absolute Gasteiger partial charge is 0.497 e. The number of nitrogens with zero attached hydrogens (tertiary/aromatic N) is 6. The molecule has 0 radical (unpaired) electrons. The second-order valence-corrected chi connectivity index (χ2v) is 11.0. The van der Waals surface area contributed by atoms with Crippen molar-refractivity contribution in [2.75, 3.05) is 27.1 Å². The Balaban J connectivity index is 1.30. The number of methoxy groups -OCH3 is 3. The minimum Gasteiger partial charge on any atom is -0.497 e. The number of hydrogen-bond acceptors (Lipinski definition) is 11. The number of hydrogen-bond donors (Lipinski definition) is 1. The fourth-order valence-corrected chi connectivity index (χ4v) is 5.71. The summed E-state index contributed by atoms with van der Waals surface area (Å²) in [6, 6.07) is 17.9.